The number of rotatable bonds is 3. The molecule has 4 nitrogen and oxygen atoms in total. The fourth-order valence-corrected chi connectivity index (χ4v) is 3.52. The third-order valence-corrected chi connectivity index (χ3v) is 5.20. The quantitative estimate of drug-likeness (QED) is 0.549. The molecule has 1 aliphatic rings. The van der Waals surface area contributed by atoms with Gasteiger partial charge in [-0.3, -0.25) is 9.59 Å². The normalized spacial score (nSPS) is 21.7. The molecule has 1 fully saturated rings. The molecule has 0 saturated heterocycles. The molecule has 1 aromatic rings. The van der Waals surface area contributed by atoms with Gasteiger partial charge in [-0.25, -0.2) is 0 Å². The number of amides is 1. The van der Waals surface area contributed by atoms with Crippen LogP contribution >= 0.6 is 38.5 Å². The van der Waals surface area contributed by atoms with Gasteiger partial charge < -0.3 is 10.1 Å². The lowest BCUT2D eigenvalue weighted by atomic mass is 9.86. The zero-order valence-electron chi connectivity index (χ0n) is 11.7. The van der Waals surface area contributed by atoms with E-state index >= 15 is 0 Å². The number of ether oxygens (including phenoxy) is 1. The number of halogens is 2. The Morgan fingerprint density at radius 2 is 1.95 bits per heavy atom. The molecule has 0 radical (unpaired) electrons. The van der Waals surface area contributed by atoms with E-state index in [0.717, 1.165) is 33.7 Å². The molecule has 0 heterocycles. The van der Waals surface area contributed by atoms with Gasteiger partial charge in [-0.05, 0) is 66.5 Å². The Morgan fingerprint density at radius 3 is 2.57 bits per heavy atom. The Labute approximate surface area is 146 Å². The first-order chi connectivity index (χ1) is 10.0. The van der Waals surface area contributed by atoms with E-state index in [4.69, 9.17) is 4.74 Å². The van der Waals surface area contributed by atoms with Gasteiger partial charge >= 0.3 is 5.97 Å². The number of hydrogen-bond donors (Lipinski definition) is 1. The Kier molecular flexibility index (Phi) is 6.04. The van der Waals surface area contributed by atoms with E-state index in [1.165, 1.54) is 7.11 Å². The lowest BCUT2D eigenvalue weighted by Crippen LogP contribution is -2.39. The Morgan fingerprint density at radius 1 is 1.29 bits per heavy atom. The largest absolute Gasteiger partial charge is 0.469 e. The number of esters is 1. The molecule has 0 unspecified atom stereocenters. The third-order valence-electron chi connectivity index (χ3n) is 3.77. The lowest BCUT2D eigenvalue weighted by molar-refractivity contribution is -0.146. The van der Waals surface area contributed by atoms with Gasteiger partial charge in [-0.2, -0.15) is 0 Å². The van der Waals surface area contributed by atoms with E-state index in [0.29, 0.717) is 5.56 Å². The minimum atomic E-state index is -0.138. The summed E-state index contributed by atoms with van der Waals surface area (Å²) in [5.74, 6) is -0.210. The van der Waals surface area contributed by atoms with Crippen LogP contribution in [0.2, 0.25) is 0 Å². The molecular formula is C15H17BrINO3. The topological polar surface area (TPSA) is 55.4 Å². The predicted molar refractivity (Wildman–Crippen MR) is 92.1 cm³/mol. The highest BCUT2D eigenvalue weighted by atomic mass is 127. The summed E-state index contributed by atoms with van der Waals surface area (Å²) < 4.78 is 6.59. The SMILES string of the molecule is COC(=O)C1CCC(NC(=O)c2cc(Br)ccc2I)CC1. The smallest absolute Gasteiger partial charge is 0.308 e. The molecule has 114 valence electrons. The highest BCUT2D eigenvalue weighted by Gasteiger charge is 2.28. The van der Waals surface area contributed by atoms with Crippen molar-refractivity contribution in [3.8, 4) is 0 Å². The van der Waals surface area contributed by atoms with Crippen molar-refractivity contribution in [1.29, 1.82) is 0 Å². The summed E-state index contributed by atoms with van der Waals surface area (Å²) in [5, 5.41) is 3.06. The van der Waals surface area contributed by atoms with Crippen LogP contribution in [0.5, 0.6) is 0 Å². The fourth-order valence-electron chi connectivity index (χ4n) is 2.57. The number of benzene rings is 1. The van der Waals surface area contributed by atoms with Crippen molar-refractivity contribution in [1.82, 2.24) is 5.32 Å². The van der Waals surface area contributed by atoms with Crippen LogP contribution in [0.15, 0.2) is 22.7 Å². The highest BCUT2D eigenvalue weighted by Crippen LogP contribution is 2.26. The molecule has 2 rings (SSSR count). The van der Waals surface area contributed by atoms with Crippen LogP contribution in [0.1, 0.15) is 36.0 Å². The molecule has 0 aliphatic heterocycles. The van der Waals surface area contributed by atoms with Gasteiger partial charge in [0, 0.05) is 14.1 Å². The van der Waals surface area contributed by atoms with Crippen LogP contribution < -0.4 is 5.32 Å². The molecule has 1 aromatic carbocycles. The number of carbonyl (C=O) groups is 2. The van der Waals surface area contributed by atoms with Crippen molar-refractivity contribution in [2.24, 2.45) is 5.92 Å². The van der Waals surface area contributed by atoms with Gasteiger partial charge in [-0.15, -0.1) is 0 Å². The Hall–Kier alpha value is -0.630. The molecule has 0 bridgehead atoms. The van der Waals surface area contributed by atoms with Crippen LogP contribution in [0, 0.1) is 9.49 Å². The van der Waals surface area contributed by atoms with E-state index in [9.17, 15) is 9.59 Å². The predicted octanol–water partition coefficient (Wildman–Crippen LogP) is 3.52. The second-order valence-electron chi connectivity index (χ2n) is 5.17. The molecule has 1 aliphatic carbocycles. The van der Waals surface area contributed by atoms with Crippen molar-refractivity contribution < 1.29 is 14.3 Å². The number of hydrogen-bond acceptors (Lipinski definition) is 3. The molecule has 1 N–H and O–H groups in total. The summed E-state index contributed by atoms with van der Waals surface area (Å²) in [6.45, 7) is 0. The van der Waals surface area contributed by atoms with Crippen molar-refractivity contribution >= 4 is 50.4 Å². The third kappa shape index (κ3) is 4.42. The monoisotopic (exact) mass is 465 g/mol. The molecule has 21 heavy (non-hydrogen) atoms. The van der Waals surface area contributed by atoms with E-state index in [-0.39, 0.29) is 23.8 Å². The average Bonchev–Trinajstić information content (AvgIpc) is 2.49. The van der Waals surface area contributed by atoms with Gasteiger partial charge in [0.2, 0.25) is 0 Å². The minimum absolute atomic E-state index is 0.0193. The summed E-state index contributed by atoms with van der Waals surface area (Å²) >= 11 is 5.55. The average molecular weight is 466 g/mol. The number of carbonyl (C=O) groups excluding carboxylic acids is 2. The lowest BCUT2D eigenvalue weighted by Gasteiger charge is -2.27. The molecule has 0 aromatic heterocycles. The van der Waals surface area contributed by atoms with Crippen molar-refractivity contribution in [2.75, 3.05) is 7.11 Å². The van der Waals surface area contributed by atoms with Crippen LogP contribution in [-0.2, 0) is 9.53 Å². The van der Waals surface area contributed by atoms with Crippen LogP contribution in [0.3, 0.4) is 0 Å². The van der Waals surface area contributed by atoms with Gasteiger partial charge in [0.05, 0.1) is 18.6 Å². The van der Waals surface area contributed by atoms with Gasteiger partial charge in [0.1, 0.15) is 0 Å². The second kappa shape index (κ2) is 7.58. The standard InChI is InChI=1S/C15H17BrINO3/c1-21-15(20)9-2-5-11(6-3-9)18-14(19)12-8-10(16)4-7-13(12)17/h4,7-9,11H,2-3,5-6H2,1H3,(H,18,19). The summed E-state index contributed by atoms with van der Waals surface area (Å²) in [4.78, 5) is 23.8. The van der Waals surface area contributed by atoms with E-state index in [2.05, 4.69) is 43.8 Å². The molecule has 1 saturated carbocycles. The molecular weight excluding hydrogens is 449 g/mol. The molecule has 6 heteroatoms. The Bertz CT molecular complexity index is 542. The second-order valence-corrected chi connectivity index (χ2v) is 7.25. The van der Waals surface area contributed by atoms with Crippen molar-refractivity contribution in [3.05, 3.63) is 31.8 Å². The number of methoxy groups -OCH3 is 1. The first-order valence-electron chi connectivity index (χ1n) is 6.85. The fraction of sp³-hybridized carbons (Fsp3) is 0.467. The van der Waals surface area contributed by atoms with Gasteiger partial charge in [0.15, 0.2) is 0 Å². The zero-order valence-corrected chi connectivity index (χ0v) is 15.4. The number of nitrogens with one attached hydrogen (secondary N) is 1. The van der Waals surface area contributed by atoms with Crippen molar-refractivity contribution in [3.63, 3.8) is 0 Å². The highest BCUT2D eigenvalue weighted by molar-refractivity contribution is 14.1. The maximum atomic E-state index is 12.3. The summed E-state index contributed by atoms with van der Waals surface area (Å²) in [6.07, 6.45) is 3.17. The summed E-state index contributed by atoms with van der Waals surface area (Å²) in [6, 6.07) is 5.79. The molecule has 1 amide bonds. The van der Waals surface area contributed by atoms with E-state index in [1.807, 2.05) is 18.2 Å². The molecule has 0 atom stereocenters. The van der Waals surface area contributed by atoms with Crippen LogP contribution in [-0.4, -0.2) is 25.0 Å². The van der Waals surface area contributed by atoms with Gasteiger partial charge in [-0.1, -0.05) is 15.9 Å². The summed E-state index contributed by atoms with van der Waals surface area (Å²) in [7, 11) is 1.42. The maximum Gasteiger partial charge on any atom is 0.308 e. The van der Waals surface area contributed by atoms with Crippen LogP contribution in [0.25, 0.3) is 0 Å². The van der Waals surface area contributed by atoms with Crippen molar-refractivity contribution in [2.45, 2.75) is 31.7 Å². The molecule has 0 spiro atoms. The maximum absolute atomic E-state index is 12.3. The minimum Gasteiger partial charge on any atom is -0.469 e. The van der Waals surface area contributed by atoms with E-state index in [1.54, 1.807) is 0 Å². The van der Waals surface area contributed by atoms with E-state index < -0.39 is 0 Å². The van der Waals surface area contributed by atoms with Crippen LogP contribution in [0.4, 0.5) is 0 Å². The zero-order chi connectivity index (χ0) is 15.4. The van der Waals surface area contributed by atoms with Gasteiger partial charge in [0.25, 0.3) is 5.91 Å². The summed E-state index contributed by atoms with van der Waals surface area (Å²) in [5.41, 5.74) is 0.681. The Balaban J connectivity index is 1.93. The first-order valence-corrected chi connectivity index (χ1v) is 8.72. The first kappa shape index (κ1) is 16.7.